The molecule has 2 nitrogen and oxygen atoms in total. The van der Waals surface area contributed by atoms with E-state index in [1.54, 1.807) is 0 Å². The van der Waals surface area contributed by atoms with Gasteiger partial charge in [-0.15, -0.1) is 19.7 Å². The number of ether oxygens (including phenoxy) is 2. The van der Waals surface area contributed by atoms with E-state index in [9.17, 15) is 0 Å². The van der Waals surface area contributed by atoms with Crippen molar-refractivity contribution in [3.8, 4) is 0 Å². The molecule has 0 heterocycles. The Balaban J connectivity index is 3.38. The maximum atomic E-state index is 5.68. The van der Waals surface area contributed by atoms with Gasteiger partial charge in [-0.05, 0) is 38.5 Å². The first-order valence-electron chi connectivity index (χ1n) is 7.53. The Morgan fingerprint density at radius 3 is 2.30 bits per heavy atom. The predicted molar refractivity (Wildman–Crippen MR) is 88.0 cm³/mol. The van der Waals surface area contributed by atoms with Crippen molar-refractivity contribution in [2.24, 2.45) is 0 Å². The predicted octanol–water partition coefficient (Wildman–Crippen LogP) is 4.84. The average molecular weight is 278 g/mol. The Morgan fingerprint density at radius 1 is 0.850 bits per heavy atom. The van der Waals surface area contributed by atoms with Crippen molar-refractivity contribution in [1.29, 1.82) is 0 Å². The summed E-state index contributed by atoms with van der Waals surface area (Å²) in [6.45, 7) is 13.1. The van der Waals surface area contributed by atoms with Gasteiger partial charge in [-0.25, -0.2) is 0 Å². The smallest absolute Gasteiger partial charge is 0.0754 e. The van der Waals surface area contributed by atoms with Gasteiger partial charge in [-0.2, -0.15) is 0 Å². The molecule has 0 amide bonds. The molecule has 1 unspecified atom stereocenters. The van der Waals surface area contributed by atoms with Gasteiger partial charge in [-0.3, -0.25) is 0 Å². The van der Waals surface area contributed by atoms with E-state index < -0.39 is 0 Å². The molecule has 0 aliphatic rings. The fraction of sp³-hybridized carbons (Fsp3) is 0.556. The molecule has 0 bridgehead atoms. The average Bonchev–Trinajstić information content (AvgIpc) is 2.47. The monoisotopic (exact) mass is 278 g/mol. The summed E-state index contributed by atoms with van der Waals surface area (Å²) in [7, 11) is 0. The Bertz CT molecular complexity index is 269. The van der Waals surface area contributed by atoms with Gasteiger partial charge in [0.2, 0.25) is 0 Å². The van der Waals surface area contributed by atoms with Crippen LogP contribution in [0.5, 0.6) is 0 Å². The van der Waals surface area contributed by atoms with Gasteiger partial charge >= 0.3 is 0 Å². The van der Waals surface area contributed by atoms with E-state index in [4.69, 9.17) is 9.47 Å². The van der Waals surface area contributed by atoms with Crippen molar-refractivity contribution < 1.29 is 9.47 Å². The number of unbranched alkanes of at least 4 members (excludes halogenated alkanes) is 3. The van der Waals surface area contributed by atoms with Crippen molar-refractivity contribution in [2.45, 2.75) is 44.6 Å². The maximum Gasteiger partial charge on any atom is 0.0754 e. The Hall–Kier alpha value is -1.12. The van der Waals surface area contributed by atoms with E-state index in [-0.39, 0.29) is 6.10 Å². The van der Waals surface area contributed by atoms with E-state index >= 15 is 0 Å². The second-order valence-corrected chi connectivity index (χ2v) is 4.63. The van der Waals surface area contributed by atoms with E-state index in [1.165, 1.54) is 0 Å². The van der Waals surface area contributed by atoms with E-state index in [1.807, 2.05) is 18.2 Å². The van der Waals surface area contributed by atoms with Gasteiger partial charge in [0, 0.05) is 0 Å². The molecule has 0 fully saturated rings. The molecule has 0 aromatic rings. The van der Waals surface area contributed by atoms with E-state index in [2.05, 4.69) is 31.9 Å². The first-order chi connectivity index (χ1) is 9.85. The van der Waals surface area contributed by atoms with Crippen molar-refractivity contribution in [3.63, 3.8) is 0 Å². The van der Waals surface area contributed by atoms with E-state index in [0.29, 0.717) is 19.8 Å². The minimum absolute atomic E-state index is 0.132. The molecule has 2 heteroatoms. The zero-order valence-corrected chi connectivity index (χ0v) is 12.8. The van der Waals surface area contributed by atoms with Crippen LogP contribution in [-0.2, 0) is 9.47 Å². The van der Waals surface area contributed by atoms with Crippen LogP contribution in [0, 0.1) is 0 Å². The van der Waals surface area contributed by atoms with Crippen LogP contribution in [0.15, 0.2) is 50.1 Å². The van der Waals surface area contributed by atoms with Crippen LogP contribution in [-0.4, -0.2) is 25.9 Å². The fourth-order valence-corrected chi connectivity index (χ4v) is 1.71. The second-order valence-electron chi connectivity index (χ2n) is 4.63. The highest BCUT2D eigenvalue weighted by atomic mass is 16.5. The molecular formula is C18H30O2. The van der Waals surface area contributed by atoms with Gasteiger partial charge in [0.1, 0.15) is 0 Å². The molecule has 0 aliphatic carbocycles. The molecule has 0 N–H and O–H groups in total. The zero-order chi connectivity index (χ0) is 14.9. The van der Waals surface area contributed by atoms with Crippen LogP contribution in [0.3, 0.4) is 0 Å². The first-order valence-corrected chi connectivity index (χ1v) is 7.53. The molecule has 0 aromatic heterocycles. The summed E-state index contributed by atoms with van der Waals surface area (Å²) in [5, 5.41) is 0. The van der Waals surface area contributed by atoms with Crippen LogP contribution >= 0.6 is 0 Å². The molecule has 0 aromatic carbocycles. The zero-order valence-electron chi connectivity index (χ0n) is 12.8. The molecule has 20 heavy (non-hydrogen) atoms. The third-order valence-corrected chi connectivity index (χ3v) is 2.88. The third kappa shape index (κ3) is 13.3. The summed E-state index contributed by atoms with van der Waals surface area (Å²) in [6, 6.07) is 0. The quantitative estimate of drug-likeness (QED) is 0.315. The Morgan fingerprint density at radius 2 is 1.60 bits per heavy atom. The van der Waals surface area contributed by atoms with Crippen molar-refractivity contribution in [1.82, 2.24) is 0 Å². The fourth-order valence-electron chi connectivity index (χ4n) is 1.71. The molecule has 0 saturated heterocycles. The van der Waals surface area contributed by atoms with E-state index in [0.717, 1.165) is 38.5 Å². The number of hydrogen-bond acceptors (Lipinski definition) is 2. The van der Waals surface area contributed by atoms with Gasteiger partial charge in [0.05, 0.1) is 25.9 Å². The van der Waals surface area contributed by atoms with Crippen LogP contribution in [0.1, 0.15) is 38.5 Å². The molecule has 1 atom stereocenters. The number of allylic oxidation sites excluding steroid dienone is 3. The molecule has 114 valence electrons. The molecule has 0 aliphatic heterocycles. The van der Waals surface area contributed by atoms with Crippen molar-refractivity contribution in [3.05, 3.63) is 50.1 Å². The van der Waals surface area contributed by atoms with Gasteiger partial charge < -0.3 is 9.47 Å². The highest BCUT2D eigenvalue weighted by Gasteiger charge is 2.02. The van der Waals surface area contributed by atoms with Gasteiger partial charge in [0.15, 0.2) is 0 Å². The molecule has 0 saturated carbocycles. The normalized spacial score (nSPS) is 12.4. The summed E-state index contributed by atoms with van der Waals surface area (Å²) in [5.41, 5.74) is 0. The lowest BCUT2D eigenvalue weighted by atomic mass is 10.1. The summed E-state index contributed by atoms with van der Waals surface area (Å²) in [6.07, 6.45) is 16.6. The highest BCUT2D eigenvalue weighted by molar-refractivity contribution is 4.83. The number of rotatable bonds is 15. The third-order valence-electron chi connectivity index (χ3n) is 2.88. The second kappa shape index (κ2) is 15.9. The Kier molecular flexibility index (Phi) is 15.0. The Labute approximate surface area is 124 Å². The summed E-state index contributed by atoms with van der Waals surface area (Å²) >= 11 is 0. The molecule has 0 rings (SSSR count). The topological polar surface area (TPSA) is 18.5 Å². The molecule has 0 spiro atoms. The molecular weight excluding hydrogens is 248 g/mol. The summed E-state index contributed by atoms with van der Waals surface area (Å²) in [5.74, 6) is 0. The lowest BCUT2D eigenvalue weighted by Gasteiger charge is -2.13. The molecule has 0 radical (unpaired) electrons. The SMILES string of the molecule is C=CCCC/C=C/COCCOC(C=C)CCCC=C. The van der Waals surface area contributed by atoms with Crippen LogP contribution in [0.25, 0.3) is 0 Å². The highest BCUT2D eigenvalue weighted by Crippen LogP contribution is 2.06. The van der Waals surface area contributed by atoms with Crippen LogP contribution in [0.2, 0.25) is 0 Å². The van der Waals surface area contributed by atoms with Gasteiger partial charge in [0.25, 0.3) is 0 Å². The summed E-state index contributed by atoms with van der Waals surface area (Å²) < 4.78 is 11.2. The lowest BCUT2D eigenvalue weighted by Crippen LogP contribution is -2.14. The van der Waals surface area contributed by atoms with Crippen LogP contribution < -0.4 is 0 Å². The maximum absolute atomic E-state index is 5.68. The standard InChI is InChI=1S/C18H30O2/c1-4-7-9-10-11-13-15-19-16-17-20-18(6-3)14-12-8-5-2/h4-6,11,13,18H,1-3,7-10,12,14-17H2/b13-11+. The van der Waals surface area contributed by atoms with Crippen LogP contribution in [0.4, 0.5) is 0 Å². The van der Waals surface area contributed by atoms with Crippen molar-refractivity contribution >= 4 is 0 Å². The number of hydrogen-bond donors (Lipinski definition) is 0. The summed E-state index contributed by atoms with van der Waals surface area (Å²) in [4.78, 5) is 0. The minimum atomic E-state index is 0.132. The first kappa shape index (κ1) is 18.9. The minimum Gasteiger partial charge on any atom is -0.375 e. The van der Waals surface area contributed by atoms with Gasteiger partial charge in [-0.1, -0.05) is 30.4 Å². The van der Waals surface area contributed by atoms with Crippen molar-refractivity contribution in [2.75, 3.05) is 19.8 Å². The lowest BCUT2D eigenvalue weighted by molar-refractivity contribution is 0.0272. The largest absolute Gasteiger partial charge is 0.375 e.